The summed E-state index contributed by atoms with van der Waals surface area (Å²) >= 11 is 0. The standard InChI is InChI=1S/C18H18N6O/c1-24(2)17-14(6-4-8-20-17)10-23-18(25)15-11-21-16(22-12-15)13-5-3-7-19-9-13/h3-9,11-12H,10H2,1-2H3,(H,23,25). The summed E-state index contributed by atoms with van der Waals surface area (Å²) in [5, 5.41) is 2.87. The third-order valence-corrected chi connectivity index (χ3v) is 3.56. The maximum absolute atomic E-state index is 12.3. The van der Waals surface area contributed by atoms with Gasteiger partial charge in [0.1, 0.15) is 5.82 Å². The third kappa shape index (κ3) is 3.95. The van der Waals surface area contributed by atoms with Crippen LogP contribution in [0.5, 0.6) is 0 Å². The summed E-state index contributed by atoms with van der Waals surface area (Å²) in [5.74, 6) is 1.13. The van der Waals surface area contributed by atoms with Crippen molar-refractivity contribution in [1.29, 1.82) is 0 Å². The molecule has 0 bridgehead atoms. The number of rotatable bonds is 5. The second kappa shape index (κ2) is 7.48. The van der Waals surface area contributed by atoms with E-state index in [2.05, 4.69) is 25.3 Å². The van der Waals surface area contributed by atoms with E-state index in [1.54, 1.807) is 18.6 Å². The number of carbonyl (C=O) groups is 1. The van der Waals surface area contributed by atoms with Gasteiger partial charge in [0.15, 0.2) is 5.82 Å². The summed E-state index contributed by atoms with van der Waals surface area (Å²) in [4.78, 5) is 31.0. The summed E-state index contributed by atoms with van der Waals surface area (Å²) in [5.41, 5.74) is 2.15. The van der Waals surface area contributed by atoms with Gasteiger partial charge in [-0.2, -0.15) is 0 Å². The van der Waals surface area contributed by atoms with E-state index in [-0.39, 0.29) is 5.91 Å². The van der Waals surface area contributed by atoms with Crippen LogP contribution in [0.15, 0.2) is 55.2 Å². The van der Waals surface area contributed by atoms with Crippen LogP contribution in [0.2, 0.25) is 0 Å². The molecule has 0 aliphatic heterocycles. The molecule has 1 amide bonds. The molecule has 0 fully saturated rings. The Hall–Kier alpha value is -3.35. The fourth-order valence-corrected chi connectivity index (χ4v) is 2.34. The normalized spacial score (nSPS) is 10.3. The number of hydrogen-bond donors (Lipinski definition) is 1. The minimum absolute atomic E-state index is 0.230. The largest absolute Gasteiger partial charge is 0.362 e. The van der Waals surface area contributed by atoms with Crippen molar-refractivity contribution in [3.8, 4) is 11.4 Å². The van der Waals surface area contributed by atoms with Crippen molar-refractivity contribution in [1.82, 2.24) is 25.3 Å². The van der Waals surface area contributed by atoms with E-state index in [4.69, 9.17) is 0 Å². The van der Waals surface area contributed by atoms with Gasteiger partial charge in [-0.05, 0) is 18.2 Å². The van der Waals surface area contributed by atoms with E-state index in [9.17, 15) is 4.79 Å². The lowest BCUT2D eigenvalue weighted by atomic mass is 10.2. The molecule has 0 spiro atoms. The van der Waals surface area contributed by atoms with Gasteiger partial charge in [-0.25, -0.2) is 15.0 Å². The van der Waals surface area contributed by atoms with Gasteiger partial charge in [0.2, 0.25) is 0 Å². The molecule has 7 heteroatoms. The predicted octanol–water partition coefficient (Wildman–Crippen LogP) is 1.93. The molecule has 1 N–H and O–H groups in total. The molecule has 7 nitrogen and oxygen atoms in total. The topological polar surface area (TPSA) is 83.9 Å². The number of nitrogens with zero attached hydrogens (tertiary/aromatic N) is 5. The van der Waals surface area contributed by atoms with Crippen LogP contribution >= 0.6 is 0 Å². The molecular formula is C18H18N6O. The van der Waals surface area contributed by atoms with E-state index >= 15 is 0 Å². The van der Waals surface area contributed by atoms with Gasteiger partial charge in [-0.15, -0.1) is 0 Å². The molecule has 0 unspecified atom stereocenters. The van der Waals surface area contributed by atoms with Crippen molar-refractivity contribution >= 4 is 11.7 Å². The first kappa shape index (κ1) is 16.5. The van der Waals surface area contributed by atoms with Gasteiger partial charge in [0.05, 0.1) is 5.56 Å². The van der Waals surface area contributed by atoms with Crippen molar-refractivity contribution in [2.45, 2.75) is 6.54 Å². The number of nitrogens with one attached hydrogen (secondary N) is 1. The van der Waals surface area contributed by atoms with Gasteiger partial charge in [-0.1, -0.05) is 6.07 Å². The fraction of sp³-hybridized carbons (Fsp3) is 0.167. The van der Waals surface area contributed by atoms with Crippen molar-refractivity contribution < 1.29 is 4.79 Å². The Balaban J connectivity index is 1.68. The average Bonchev–Trinajstić information content (AvgIpc) is 2.67. The van der Waals surface area contributed by atoms with Gasteiger partial charge in [0, 0.05) is 62.8 Å². The molecule has 0 aromatic carbocycles. The summed E-state index contributed by atoms with van der Waals surface area (Å²) in [6.07, 6.45) is 8.12. The predicted molar refractivity (Wildman–Crippen MR) is 95.0 cm³/mol. The van der Waals surface area contributed by atoms with Crippen molar-refractivity contribution in [3.05, 3.63) is 66.4 Å². The zero-order chi connectivity index (χ0) is 17.6. The molecule has 3 heterocycles. The number of carbonyl (C=O) groups excluding carboxylic acids is 1. The molecular weight excluding hydrogens is 316 g/mol. The zero-order valence-electron chi connectivity index (χ0n) is 14.0. The van der Waals surface area contributed by atoms with Gasteiger partial charge >= 0.3 is 0 Å². The third-order valence-electron chi connectivity index (χ3n) is 3.56. The van der Waals surface area contributed by atoms with E-state index in [1.165, 1.54) is 12.4 Å². The summed E-state index contributed by atoms with van der Waals surface area (Å²) in [6, 6.07) is 7.47. The molecule has 3 aromatic heterocycles. The highest BCUT2D eigenvalue weighted by molar-refractivity contribution is 5.93. The van der Waals surface area contributed by atoms with Crippen LogP contribution in [0.25, 0.3) is 11.4 Å². The van der Waals surface area contributed by atoms with Crippen molar-refractivity contribution in [2.24, 2.45) is 0 Å². The van der Waals surface area contributed by atoms with Gasteiger partial charge < -0.3 is 10.2 Å². The van der Waals surface area contributed by atoms with Crippen LogP contribution in [0.4, 0.5) is 5.82 Å². The molecule has 3 rings (SSSR count). The van der Waals surface area contributed by atoms with Crippen LogP contribution in [0.1, 0.15) is 15.9 Å². The Labute approximate surface area is 145 Å². The second-order valence-electron chi connectivity index (χ2n) is 5.60. The molecule has 0 aliphatic carbocycles. The first-order valence-corrected chi connectivity index (χ1v) is 7.77. The minimum atomic E-state index is -0.230. The monoisotopic (exact) mass is 334 g/mol. The van der Waals surface area contributed by atoms with Crippen LogP contribution in [-0.4, -0.2) is 39.9 Å². The second-order valence-corrected chi connectivity index (χ2v) is 5.60. The maximum Gasteiger partial charge on any atom is 0.254 e. The van der Waals surface area contributed by atoms with Gasteiger partial charge in [0.25, 0.3) is 5.91 Å². The van der Waals surface area contributed by atoms with E-state index in [0.717, 1.165) is 16.9 Å². The zero-order valence-corrected chi connectivity index (χ0v) is 14.0. The highest BCUT2D eigenvalue weighted by Gasteiger charge is 2.10. The first-order chi connectivity index (χ1) is 12.1. The summed E-state index contributed by atoms with van der Waals surface area (Å²) < 4.78 is 0. The van der Waals surface area contributed by atoms with Crippen molar-refractivity contribution in [3.63, 3.8) is 0 Å². The molecule has 3 aromatic rings. The average molecular weight is 334 g/mol. The highest BCUT2D eigenvalue weighted by Crippen LogP contribution is 2.15. The lowest BCUT2D eigenvalue weighted by Crippen LogP contribution is -2.25. The van der Waals surface area contributed by atoms with E-state index < -0.39 is 0 Å². The summed E-state index contributed by atoms with van der Waals surface area (Å²) in [6.45, 7) is 0.380. The van der Waals surface area contributed by atoms with E-state index in [1.807, 2.05) is 43.3 Å². The highest BCUT2D eigenvalue weighted by atomic mass is 16.1. The quantitative estimate of drug-likeness (QED) is 0.767. The Morgan fingerprint density at radius 3 is 2.48 bits per heavy atom. The number of anilines is 1. The first-order valence-electron chi connectivity index (χ1n) is 7.77. The molecule has 0 saturated heterocycles. The SMILES string of the molecule is CN(C)c1ncccc1CNC(=O)c1cnc(-c2cccnc2)nc1. The molecule has 25 heavy (non-hydrogen) atoms. The molecule has 0 radical (unpaired) electrons. The fourth-order valence-electron chi connectivity index (χ4n) is 2.34. The number of hydrogen-bond acceptors (Lipinski definition) is 6. The number of pyridine rings is 2. The van der Waals surface area contributed by atoms with Crippen LogP contribution in [0.3, 0.4) is 0 Å². The van der Waals surface area contributed by atoms with Crippen LogP contribution in [0, 0.1) is 0 Å². The van der Waals surface area contributed by atoms with Crippen LogP contribution in [-0.2, 0) is 6.54 Å². The molecule has 126 valence electrons. The van der Waals surface area contributed by atoms with Crippen molar-refractivity contribution in [2.75, 3.05) is 19.0 Å². The Morgan fingerprint density at radius 2 is 1.80 bits per heavy atom. The van der Waals surface area contributed by atoms with Gasteiger partial charge in [-0.3, -0.25) is 9.78 Å². The maximum atomic E-state index is 12.3. The Morgan fingerprint density at radius 1 is 1.04 bits per heavy atom. The lowest BCUT2D eigenvalue weighted by molar-refractivity contribution is 0.0950. The smallest absolute Gasteiger partial charge is 0.254 e. The minimum Gasteiger partial charge on any atom is -0.362 e. The lowest BCUT2D eigenvalue weighted by Gasteiger charge is -2.16. The Kier molecular flexibility index (Phi) is 4.94. The Bertz CT molecular complexity index is 849. The number of aromatic nitrogens is 4. The molecule has 0 atom stereocenters. The molecule has 0 saturated carbocycles. The van der Waals surface area contributed by atoms with Crippen LogP contribution < -0.4 is 10.2 Å². The van der Waals surface area contributed by atoms with E-state index in [0.29, 0.717) is 17.9 Å². The number of amides is 1. The molecule has 0 aliphatic rings. The summed E-state index contributed by atoms with van der Waals surface area (Å²) in [7, 11) is 3.83.